The molecule has 0 unspecified atom stereocenters. The van der Waals surface area contributed by atoms with Crippen molar-refractivity contribution in [1.82, 2.24) is 14.9 Å². The van der Waals surface area contributed by atoms with Crippen molar-refractivity contribution in [3.05, 3.63) is 62.7 Å². The zero-order chi connectivity index (χ0) is 23.5. The Morgan fingerprint density at radius 1 is 0.970 bits per heavy atom. The van der Waals surface area contributed by atoms with Gasteiger partial charge in [0.2, 0.25) is 0 Å². The molecule has 0 saturated carbocycles. The summed E-state index contributed by atoms with van der Waals surface area (Å²) in [5.74, 6) is 0.377. The zero-order valence-electron chi connectivity index (χ0n) is 17.5. The minimum Gasteiger partial charge on any atom is -0.478 e. The van der Waals surface area contributed by atoms with E-state index in [1.807, 2.05) is 12.1 Å². The number of nitrogens with zero attached hydrogens (tertiary/aromatic N) is 6. The van der Waals surface area contributed by atoms with Crippen LogP contribution in [-0.4, -0.2) is 64.0 Å². The Morgan fingerprint density at radius 2 is 1.55 bits per heavy atom. The predicted octanol–water partition coefficient (Wildman–Crippen LogP) is 2.81. The predicted molar refractivity (Wildman–Crippen MR) is 119 cm³/mol. The lowest BCUT2D eigenvalue weighted by molar-refractivity contribution is -0.394. The average Bonchev–Trinajstić information content (AvgIpc) is 2.83. The number of anilines is 2. The number of ether oxygens (including phenoxy) is 1. The quantitative estimate of drug-likeness (QED) is 0.453. The van der Waals surface area contributed by atoms with Crippen LogP contribution in [0.5, 0.6) is 5.88 Å². The SMILES string of the molecule is COc1nc2ccccc2nc1NC(=O)N1CCN(c2cc([N+](=O)[O-])cc([N+](=O)[O-])c2)CC1. The number of nitro benzene ring substituents is 2. The fourth-order valence-corrected chi connectivity index (χ4v) is 3.53. The summed E-state index contributed by atoms with van der Waals surface area (Å²) in [6.45, 7) is 1.27. The Balaban J connectivity index is 1.46. The number of non-ortho nitro benzene ring substituents is 2. The van der Waals surface area contributed by atoms with Crippen molar-refractivity contribution in [3.63, 3.8) is 0 Å². The van der Waals surface area contributed by atoms with Crippen LogP contribution in [0.3, 0.4) is 0 Å². The molecule has 1 saturated heterocycles. The van der Waals surface area contributed by atoms with Crippen LogP contribution in [-0.2, 0) is 0 Å². The van der Waals surface area contributed by atoms with Crippen molar-refractivity contribution in [2.45, 2.75) is 0 Å². The third-order valence-corrected chi connectivity index (χ3v) is 5.20. The number of hydrogen-bond donors (Lipinski definition) is 1. The van der Waals surface area contributed by atoms with Gasteiger partial charge in [-0.05, 0) is 12.1 Å². The monoisotopic (exact) mass is 453 g/mol. The smallest absolute Gasteiger partial charge is 0.323 e. The van der Waals surface area contributed by atoms with E-state index < -0.39 is 15.9 Å². The Kier molecular flexibility index (Phi) is 5.85. The summed E-state index contributed by atoms with van der Waals surface area (Å²) in [7, 11) is 1.44. The van der Waals surface area contributed by atoms with Gasteiger partial charge in [-0.15, -0.1) is 0 Å². The third kappa shape index (κ3) is 4.56. The number of methoxy groups -OCH3 is 1. The fourth-order valence-electron chi connectivity index (χ4n) is 3.53. The number of carbonyl (C=O) groups excluding carboxylic acids is 1. The molecular weight excluding hydrogens is 434 g/mol. The van der Waals surface area contributed by atoms with E-state index in [4.69, 9.17) is 4.74 Å². The number of piperazine rings is 1. The van der Waals surface area contributed by atoms with Crippen molar-refractivity contribution < 1.29 is 19.4 Å². The summed E-state index contributed by atoms with van der Waals surface area (Å²) in [6.07, 6.45) is 0. The molecule has 0 atom stereocenters. The van der Waals surface area contributed by atoms with Gasteiger partial charge in [-0.25, -0.2) is 14.8 Å². The van der Waals surface area contributed by atoms with E-state index in [0.29, 0.717) is 42.9 Å². The highest BCUT2D eigenvalue weighted by atomic mass is 16.6. The van der Waals surface area contributed by atoms with Gasteiger partial charge in [0.25, 0.3) is 17.3 Å². The molecule has 2 aromatic carbocycles. The number of hydrogen-bond acceptors (Lipinski definition) is 9. The topological polar surface area (TPSA) is 157 Å². The largest absolute Gasteiger partial charge is 0.478 e. The molecule has 170 valence electrons. The highest BCUT2D eigenvalue weighted by Crippen LogP contribution is 2.29. The van der Waals surface area contributed by atoms with E-state index in [1.165, 1.54) is 19.2 Å². The Labute approximate surface area is 186 Å². The molecule has 0 spiro atoms. The van der Waals surface area contributed by atoms with E-state index in [-0.39, 0.29) is 23.1 Å². The molecular formula is C20H19N7O6. The zero-order valence-corrected chi connectivity index (χ0v) is 17.5. The van der Waals surface area contributed by atoms with Gasteiger partial charge in [-0.1, -0.05) is 12.1 Å². The Bertz CT molecular complexity index is 1210. The van der Waals surface area contributed by atoms with E-state index in [2.05, 4.69) is 15.3 Å². The maximum Gasteiger partial charge on any atom is 0.323 e. The van der Waals surface area contributed by atoms with Crippen molar-refractivity contribution >= 4 is 39.9 Å². The molecule has 0 aliphatic carbocycles. The van der Waals surface area contributed by atoms with Crippen molar-refractivity contribution in [2.24, 2.45) is 0 Å². The molecule has 3 aromatic rings. The van der Waals surface area contributed by atoms with E-state index >= 15 is 0 Å². The second kappa shape index (κ2) is 8.90. The fraction of sp³-hybridized carbons (Fsp3) is 0.250. The maximum absolute atomic E-state index is 12.8. The van der Waals surface area contributed by atoms with Crippen LogP contribution < -0.4 is 15.0 Å². The van der Waals surface area contributed by atoms with E-state index in [0.717, 1.165) is 6.07 Å². The lowest BCUT2D eigenvalue weighted by Crippen LogP contribution is -2.50. The molecule has 13 nitrogen and oxygen atoms in total. The van der Waals surface area contributed by atoms with Crippen LogP contribution >= 0.6 is 0 Å². The van der Waals surface area contributed by atoms with Crippen LogP contribution in [0.15, 0.2) is 42.5 Å². The number of amides is 2. The van der Waals surface area contributed by atoms with Crippen LogP contribution in [0.1, 0.15) is 0 Å². The number of nitrogens with one attached hydrogen (secondary N) is 1. The first-order valence-corrected chi connectivity index (χ1v) is 9.91. The number of carbonyl (C=O) groups is 1. The Morgan fingerprint density at radius 3 is 2.09 bits per heavy atom. The molecule has 4 rings (SSSR count). The summed E-state index contributed by atoms with van der Waals surface area (Å²) in [5, 5.41) is 25.0. The second-order valence-electron chi connectivity index (χ2n) is 7.20. The summed E-state index contributed by atoms with van der Waals surface area (Å²) >= 11 is 0. The van der Waals surface area contributed by atoms with Gasteiger partial charge in [0.1, 0.15) is 0 Å². The van der Waals surface area contributed by atoms with Crippen LogP contribution in [0.4, 0.5) is 27.7 Å². The number of aromatic nitrogens is 2. The summed E-state index contributed by atoms with van der Waals surface area (Å²) in [5.41, 5.74) is 0.874. The summed E-state index contributed by atoms with van der Waals surface area (Å²) in [4.78, 5) is 45.8. The molecule has 0 radical (unpaired) electrons. The molecule has 2 amide bonds. The molecule has 1 fully saturated rings. The molecule has 1 aliphatic rings. The molecule has 0 bridgehead atoms. The van der Waals surface area contributed by atoms with Gasteiger partial charge in [0.05, 0.1) is 39.7 Å². The normalized spacial score (nSPS) is 13.6. The number of para-hydroxylation sites is 2. The number of nitro groups is 2. The van der Waals surface area contributed by atoms with Gasteiger partial charge in [0, 0.05) is 38.3 Å². The van der Waals surface area contributed by atoms with Crippen molar-refractivity contribution in [3.8, 4) is 5.88 Å². The van der Waals surface area contributed by atoms with Crippen LogP contribution in [0, 0.1) is 20.2 Å². The first-order valence-electron chi connectivity index (χ1n) is 9.91. The van der Waals surface area contributed by atoms with Gasteiger partial charge in [-0.2, -0.15) is 0 Å². The minimum absolute atomic E-state index is 0.185. The number of rotatable bonds is 5. The highest BCUT2D eigenvalue weighted by Gasteiger charge is 2.26. The first kappa shape index (κ1) is 21.7. The van der Waals surface area contributed by atoms with Gasteiger partial charge in [-0.3, -0.25) is 25.5 Å². The first-order chi connectivity index (χ1) is 15.9. The van der Waals surface area contributed by atoms with Crippen molar-refractivity contribution in [2.75, 3.05) is 43.5 Å². The number of benzene rings is 2. The van der Waals surface area contributed by atoms with Crippen molar-refractivity contribution in [1.29, 1.82) is 0 Å². The van der Waals surface area contributed by atoms with Gasteiger partial charge >= 0.3 is 6.03 Å². The molecule has 13 heteroatoms. The molecule has 1 aliphatic heterocycles. The third-order valence-electron chi connectivity index (χ3n) is 5.20. The molecule has 1 N–H and O–H groups in total. The lowest BCUT2D eigenvalue weighted by Gasteiger charge is -2.35. The van der Waals surface area contributed by atoms with Crippen LogP contribution in [0.2, 0.25) is 0 Å². The summed E-state index contributed by atoms with van der Waals surface area (Å²) < 4.78 is 5.25. The lowest BCUT2D eigenvalue weighted by atomic mass is 10.2. The molecule has 1 aromatic heterocycles. The Hall–Kier alpha value is -4.55. The standard InChI is InChI=1S/C20H19N7O6/c1-33-19-18(21-16-4-2-3-5-17(16)22-19)23-20(28)25-8-6-24(7-9-25)13-10-14(26(29)30)12-15(11-13)27(31)32/h2-5,10-12H,6-9H2,1H3,(H,21,23,28). The van der Waals surface area contributed by atoms with Gasteiger partial charge in [0.15, 0.2) is 5.82 Å². The minimum atomic E-state index is -0.668. The van der Waals surface area contributed by atoms with Gasteiger partial charge < -0.3 is 14.5 Å². The maximum atomic E-state index is 12.8. The number of urea groups is 1. The molecule has 33 heavy (non-hydrogen) atoms. The number of fused-ring (bicyclic) bond motifs is 1. The average molecular weight is 453 g/mol. The summed E-state index contributed by atoms with van der Waals surface area (Å²) in [6, 6.07) is 10.3. The van der Waals surface area contributed by atoms with E-state index in [9.17, 15) is 25.0 Å². The molecule has 2 heterocycles. The second-order valence-corrected chi connectivity index (χ2v) is 7.20. The highest BCUT2D eigenvalue weighted by molar-refractivity contribution is 5.91. The van der Waals surface area contributed by atoms with E-state index in [1.54, 1.807) is 21.9 Å². The van der Waals surface area contributed by atoms with Crippen LogP contribution in [0.25, 0.3) is 11.0 Å².